The van der Waals surface area contributed by atoms with E-state index in [9.17, 15) is 0 Å². The Balaban J connectivity index is 1.66. The van der Waals surface area contributed by atoms with E-state index in [1.807, 2.05) is 6.20 Å². The van der Waals surface area contributed by atoms with Crippen molar-refractivity contribution in [1.82, 2.24) is 10.3 Å². The van der Waals surface area contributed by atoms with Crippen molar-refractivity contribution in [3.63, 3.8) is 0 Å². The molecule has 2 heterocycles. The zero-order valence-electron chi connectivity index (χ0n) is 12.6. The zero-order chi connectivity index (χ0) is 13.9. The van der Waals surface area contributed by atoms with Crippen LogP contribution in [0.2, 0.25) is 0 Å². The number of piperidine rings is 1. The summed E-state index contributed by atoms with van der Waals surface area (Å²) in [4.78, 5) is 7.07. The molecule has 110 valence electrons. The lowest BCUT2D eigenvalue weighted by molar-refractivity contribution is 0.0891. The van der Waals surface area contributed by atoms with Crippen LogP contribution in [0.3, 0.4) is 0 Å². The van der Waals surface area contributed by atoms with Gasteiger partial charge < -0.3 is 15.0 Å². The molecular formula is C16H25N3O. The summed E-state index contributed by atoms with van der Waals surface area (Å²) in [6, 6.07) is 3.02. The Hall–Kier alpha value is -1.13. The summed E-state index contributed by atoms with van der Waals surface area (Å²) in [6.07, 6.45) is 7.38. The summed E-state index contributed by atoms with van der Waals surface area (Å²) in [7, 11) is 1.81. The third kappa shape index (κ3) is 3.30. The van der Waals surface area contributed by atoms with Crippen LogP contribution in [0.4, 0.5) is 5.82 Å². The second kappa shape index (κ2) is 6.10. The minimum absolute atomic E-state index is 0.348. The van der Waals surface area contributed by atoms with Crippen molar-refractivity contribution in [3.05, 3.63) is 23.4 Å². The molecule has 2 aliphatic rings. The molecule has 0 spiro atoms. The number of aromatic nitrogens is 1. The van der Waals surface area contributed by atoms with Crippen LogP contribution < -0.4 is 10.2 Å². The van der Waals surface area contributed by atoms with Crippen molar-refractivity contribution in [2.75, 3.05) is 25.1 Å². The van der Waals surface area contributed by atoms with Gasteiger partial charge in [0.2, 0.25) is 0 Å². The standard InChI is InChI=1S/C16H25N3O/c1-12-8-13(9-17-14-5-6-14)10-18-16(12)19-7-3-4-15(11-19)20-2/h8,10,14-15,17H,3-7,9,11H2,1-2H3. The van der Waals surface area contributed by atoms with Crippen molar-refractivity contribution in [2.45, 2.75) is 51.3 Å². The van der Waals surface area contributed by atoms with Crippen LogP contribution in [-0.2, 0) is 11.3 Å². The zero-order valence-corrected chi connectivity index (χ0v) is 12.6. The van der Waals surface area contributed by atoms with Crippen LogP contribution in [0.1, 0.15) is 36.8 Å². The maximum absolute atomic E-state index is 5.50. The Morgan fingerprint density at radius 2 is 2.25 bits per heavy atom. The van der Waals surface area contributed by atoms with Gasteiger partial charge in [-0.1, -0.05) is 0 Å². The fraction of sp³-hybridized carbons (Fsp3) is 0.688. The second-order valence-corrected chi connectivity index (χ2v) is 6.09. The molecule has 0 radical (unpaired) electrons. The summed E-state index contributed by atoms with van der Waals surface area (Å²) >= 11 is 0. The van der Waals surface area contributed by atoms with E-state index in [1.54, 1.807) is 7.11 Å². The third-order valence-electron chi connectivity index (χ3n) is 4.29. The summed E-state index contributed by atoms with van der Waals surface area (Å²) in [5.41, 5.74) is 2.57. The van der Waals surface area contributed by atoms with Gasteiger partial charge >= 0.3 is 0 Å². The number of aryl methyl sites for hydroxylation is 1. The third-order valence-corrected chi connectivity index (χ3v) is 4.29. The largest absolute Gasteiger partial charge is 0.380 e. The van der Waals surface area contributed by atoms with Crippen molar-refractivity contribution < 1.29 is 4.74 Å². The van der Waals surface area contributed by atoms with Gasteiger partial charge in [-0.2, -0.15) is 0 Å². The number of rotatable bonds is 5. The van der Waals surface area contributed by atoms with Crippen molar-refractivity contribution in [1.29, 1.82) is 0 Å². The number of methoxy groups -OCH3 is 1. The number of hydrogen-bond acceptors (Lipinski definition) is 4. The van der Waals surface area contributed by atoms with Gasteiger partial charge in [0.15, 0.2) is 0 Å². The van der Waals surface area contributed by atoms with E-state index in [-0.39, 0.29) is 0 Å². The number of ether oxygens (including phenoxy) is 1. The molecule has 1 aliphatic heterocycles. The molecule has 1 saturated heterocycles. The first-order valence-corrected chi connectivity index (χ1v) is 7.73. The highest BCUT2D eigenvalue weighted by Gasteiger charge is 2.22. The SMILES string of the molecule is COC1CCCN(c2ncc(CNC3CC3)cc2C)C1. The predicted octanol–water partition coefficient (Wildman–Crippen LogP) is 2.26. The van der Waals surface area contributed by atoms with Gasteiger partial charge in [-0.15, -0.1) is 0 Å². The fourth-order valence-corrected chi connectivity index (χ4v) is 2.93. The van der Waals surface area contributed by atoms with Crippen molar-refractivity contribution >= 4 is 5.82 Å². The van der Waals surface area contributed by atoms with Gasteiger partial charge in [0, 0.05) is 39.0 Å². The Labute approximate surface area is 121 Å². The quantitative estimate of drug-likeness (QED) is 0.894. The van der Waals surface area contributed by atoms with E-state index in [0.29, 0.717) is 6.10 Å². The fourth-order valence-electron chi connectivity index (χ4n) is 2.93. The lowest BCUT2D eigenvalue weighted by atomic mass is 10.1. The molecule has 1 aromatic rings. The Morgan fingerprint density at radius 3 is 2.95 bits per heavy atom. The van der Waals surface area contributed by atoms with Gasteiger partial charge in [-0.05, 0) is 49.8 Å². The number of pyridine rings is 1. The van der Waals surface area contributed by atoms with E-state index in [0.717, 1.165) is 37.9 Å². The average Bonchev–Trinajstić information content (AvgIpc) is 3.29. The smallest absolute Gasteiger partial charge is 0.131 e. The van der Waals surface area contributed by atoms with Crippen LogP contribution in [-0.4, -0.2) is 37.3 Å². The van der Waals surface area contributed by atoms with Crippen molar-refractivity contribution in [2.24, 2.45) is 0 Å². The summed E-state index contributed by atoms with van der Waals surface area (Å²) in [5, 5.41) is 3.54. The van der Waals surface area contributed by atoms with Crippen molar-refractivity contribution in [3.8, 4) is 0 Å². The topological polar surface area (TPSA) is 37.4 Å². The van der Waals surface area contributed by atoms with Crippen LogP contribution in [0, 0.1) is 6.92 Å². The van der Waals surface area contributed by atoms with Gasteiger partial charge in [-0.25, -0.2) is 4.98 Å². The van der Waals surface area contributed by atoms with Crippen LogP contribution in [0.25, 0.3) is 0 Å². The van der Waals surface area contributed by atoms with Crippen LogP contribution in [0.15, 0.2) is 12.3 Å². The molecule has 0 bridgehead atoms. The molecule has 3 rings (SSSR count). The molecule has 1 aromatic heterocycles. The van der Waals surface area contributed by atoms with E-state index in [1.165, 1.54) is 30.4 Å². The summed E-state index contributed by atoms with van der Waals surface area (Å²) in [6.45, 7) is 5.16. The molecule has 1 atom stereocenters. The molecule has 20 heavy (non-hydrogen) atoms. The molecule has 1 aliphatic carbocycles. The minimum Gasteiger partial charge on any atom is -0.380 e. The number of nitrogens with zero attached hydrogens (tertiary/aromatic N) is 2. The van der Waals surface area contributed by atoms with Gasteiger partial charge in [0.1, 0.15) is 5.82 Å². The highest BCUT2D eigenvalue weighted by atomic mass is 16.5. The molecule has 1 N–H and O–H groups in total. The molecule has 0 amide bonds. The van der Waals surface area contributed by atoms with Gasteiger partial charge in [0.25, 0.3) is 0 Å². The Kier molecular flexibility index (Phi) is 4.22. The number of nitrogens with one attached hydrogen (secondary N) is 1. The normalized spacial score (nSPS) is 23.1. The highest BCUT2D eigenvalue weighted by Crippen LogP contribution is 2.24. The van der Waals surface area contributed by atoms with Gasteiger partial charge in [-0.3, -0.25) is 0 Å². The van der Waals surface area contributed by atoms with E-state index >= 15 is 0 Å². The molecule has 1 unspecified atom stereocenters. The van der Waals surface area contributed by atoms with E-state index in [4.69, 9.17) is 9.72 Å². The summed E-state index contributed by atoms with van der Waals surface area (Å²) < 4.78 is 5.50. The van der Waals surface area contributed by atoms with E-state index < -0.39 is 0 Å². The van der Waals surface area contributed by atoms with Gasteiger partial charge in [0.05, 0.1) is 6.10 Å². The first-order valence-electron chi connectivity index (χ1n) is 7.73. The lowest BCUT2D eigenvalue weighted by Crippen LogP contribution is -2.40. The summed E-state index contributed by atoms with van der Waals surface area (Å²) in [5.74, 6) is 1.13. The molecule has 2 fully saturated rings. The van der Waals surface area contributed by atoms with Crippen LogP contribution >= 0.6 is 0 Å². The molecular weight excluding hydrogens is 250 g/mol. The average molecular weight is 275 g/mol. The lowest BCUT2D eigenvalue weighted by Gasteiger charge is -2.33. The first kappa shape index (κ1) is 13.8. The molecule has 4 nitrogen and oxygen atoms in total. The first-order chi connectivity index (χ1) is 9.76. The number of anilines is 1. The maximum atomic E-state index is 5.50. The van der Waals surface area contributed by atoms with Crippen LogP contribution in [0.5, 0.6) is 0 Å². The molecule has 0 aromatic carbocycles. The van der Waals surface area contributed by atoms with E-state index in [2.05, 4.69) is 23.2 Å². The molecule has 4 heteroatoms. The highest BCUT2D eigenvalue weighted by molar-refractivity contribution is 5.47. The minimum atomic E-state index is 0.348. The predicted molar refractivity (Wildman–Crippen MR) is 81.1 cm³/mol. The monoisotopic (exact) mass is 275 g/mol. The second-order valence-electron chi connectivity index (χ2n) is 6.09. The molecule has 1 saturated carbocycles. The number of hydrogen-bond donors (Lipinski definition) is 1. The Bertz CT molecular complexity index is 459. The Morgan fingerprint density at radius 1 is 1.40 bits per heavy atom. The maximum Gasteiger partial charge on any atom is 0.131 e.